The zero-order chi connectivity index (χ0) is 13.5. The first-order valence-corrected chi connectivity index (χ1v) is 6.00. The summed E-state index contributed by atoms with van der Waals surface area (Å²) in [6, 6.07) is 4.65. The molecule has 18 heavy (non-hydrogen) atoms. The molecule has 1 atom stereocenters. The van der Waals surface area contributed by atoms with Crippen molar-refractivity contribution in [2.75, 3.05) is 31.7 Å². The smallest absolute Gasteiger partial charge is 0.130 e. The molecule has 1 aromatic rings. The van der Waals surface area contributed by atoms with E-state index in [1.165, 1.54) is 6.07 Å². The molecule has 0 aliphatic rings. The SMILES string of the molecule is C=CCN(CCOC)c1cccc(F)c1[C@H](C)N. The third kappa shape index (κ3) is 3.55. The van der Waals surface area contributed by atoms with Crippen LogP contribution in [0.15, 0.2) is 30.9 Å². The predicted octanol–water partition coefficient (Wildman–Crippen LogP) is 2.48. The molecule has 0 amide bonds. The van der Waals surface area contributed by atoms with Crippen LogP contribution in [0.2, 0.25) is 0 Å². The fraction of sp³-hybridized carbons (Fsp3) is 0.429. The van der Waals surface area contributed by atoms with Crippen LogP contribution >= 0.6 is 0 Å². The van der Waals surface area contributed by atoms with E-state index in [2.05, 4.69) is 6.58 Å². The molecule has 100 valence electrons. The average Bonchev–Trinajstić information content (AvgIpc) is 2.33. The molecule has 1 rings (SSSR count). The van der Waals surface area contributed by atoms with Crippen molar-refractivity contribution >= 4 is 5.69 Å². The number of nitrogens with zero attached hydrogens (tertiary/aromatic N) is 1. The van der Waals surface area contributed by atoms with E-state index in [9.17, 15) is 4.39 Å². The Bertz CT molecular complexity index is 393. The Hall–Kier alpha value is -1.39. The van der Waals surface area contributed by atoms with Gasteiger partial charge in [-0.2, -0.15) is 0 Å². The van der Waals surface area contributed by atoms with Crippen molar-refractivity contribution in [3.63, 3.8) is 0 Å². The quantitative estimate of drug-likeness (QED) is 0.758. The minimum Gasteiger partial charge on any atom is -0.383 e. The summed E-state index contributed by atoms with van der Waals surface area (Å²) < 4.78 is 18.9. The molecule has 0 aliphatic heterocycles. The van der Waals surface area contributed by atoms with Crippen LogP contribution < -0.4 is 10.6 Å². The molecule has 0 unspecified atom stereocenters. The normalized spacial score (nSPS) is 12.2. The van der Waals surface area contributed by atoms with E-state index in [0.717, 1.165) is 5.69 Å². The Morgan fingerprint density at radius 1 is 1.56 bits per heavy atom. The second-order valence-corrected chi connectivity index (χ2v) is 4.19. The van der Waals surface area contributed by atoms with Gasteiger partial charge in [-0.05, 0) is 19.1 Å². The van der Waals surface area contributed by atoms with Gasteiger partial charge >= 0.3 is 0 Å². The molecule has 0 heterocycles. The third-order valence-corrected chi connectivity index (χ3v) is 2.74. The highest BCUT2D eigenvalue weighted by Gasteiger charge is 2.16. The van der Waals surface area contributed by atoms with Gasteiger partial charge in [-0.15, -0.1) is 6.58 Å². The zero-order valence-corrected chi connectivity index (χ0v) is 11.0. The van der Waals surface area contributed by atoms with Crippen LogP contribution in [0.1, 0.15) is 18.5 Å². The van der Waals surface area contributed by atoms with Gasteiger partial charge in [0.05, 0.1) is 6.61 Å². The van der Waals surface area contributed by atoms with E-state index in [-0.39, 0.29) is 11.9 Å². The van der Waals surface area contributed by atoms with E-state index in [0.29, 0.717) is 25.3 Å². The first-order valence-electron chi connectivity index (χ1n) is 6.00. The van der Waals surface area contributed by atoms with Crippen LogP contribution in [0.3, 0.4) is 0 Å². The van der Waals surface area contributed by atoms with E-state index in [1.54, 1.807) is 26.2 Å². The summed E-state index contributed by atoms with van der Waals surface area (Å²) in [6.45, 7) is 7.38. The highest BCUT2D eigenvalue weighted by molar-refractivity contribution is 5.56. The van der Waals surface area contributed by atoms with Gasteiger partial charge in [0.2, 0.25) is 0 Å². The lowest BCUT2D eigenvalue weighted by Gasteiger charge is -2.27. The lowest BCUT2D eigenvalue weighted by molar-refractivity contribution is 0.205. The van der Waals surface area contributed by atoms with Gasteiger partial charge in [-0.25, -0.2) is 4.39 Å². The summed E-state index contributed by atoms with van der Waals surface area (Å²) in [5, 5.41) is 0. The Morgan fingerprint density at radius 2 is 2.28 bits per heavy atom. The zero-order valence-electron chi connectivity index (χ0n) is 11.0. The molecule has 1 aromatic carbocycles. The maximum Gasteiger partial charge on any atom is 0.130 e. The van der Waals surface area contributed by atoms with Crippen molar-refractivity contribution in [2.24, 2.45) is 5.73 Å². The van der Waals surface area contributed by atoms with Crippen molar-refractivity contribution in [1.82, 2.24) is 0 Å². The highest BCUT2D eigenvalue weighted by atomic mass is 19.1. The summed E-state index contributed by atoms with van der Waals surface area (Å²) in [5.74, 6) is -0.269. The summed E-state index contributed by atoms with van der Waals surface area (Å²) in [5.41, 5.74) is 7.20. The van der Waals surface area contributed by atoms with Gasteiger partial charge in [0.1, 0.15) is 5.82 Å². The summed E-state index contributed by atoms with van der Waals surface area (Å²) in [7, 11) is 1.64. The molecule has 0 bridgehead atoms. The topological polar surface area (TPSA) is 38.5 Å². The maximum absolute atomic E-state index is 13.9. The molecule has 0 fully saturated rings. The van der Waals surface area contributed by atoms with E-state index in [1.807, 2.05) is 11.0 Å². The molecule has 2 N–H and O–H groups in total. The number of benzene rings is 1. The van der Waals surface area contributed by atoms with Crippen LogP contribution in [0, 0.1) is 5.82 Å². The number of ether oxygens (including phenoxy) is 1. The molecule has 0 aromatic heterocycles. The van der Waals surface area contributed by atoms with Crippen molar-refractivity contribution in [3.8, 4) is 0 Å². The molecule has 0 saturated carbocycles. The lowest BCUT2D eigenvalue weighted by atomic mass is 10.0. The van der Waals surface area contributed by atoms with Gasteiger partial charge in [0.25, 0.3) is 0 Å². The van der Waals surface area contributed by atoms with Crippen molar-refractivity contribution in [1.29, 1.82) is 0 Å². The fourth-order valence-corrected chi connectivity index (χ4v) is 1.92. The lowest BCUT2D eigenvalue weighted by Crippen LogP contribution is -2.29. The van der Waals surface area contributed by atoms with Gasteiger partial charge in [-0.1, -0.05) is 12.1 Å². The Morgan fingerprint density at radius 3 is 2.83 bits per heavy atom. The van der Waals surface area contributed by atoms with E-state index in [4.69, 9.17) is 10.5 Å². The number of rotatable bonds is 7. The molecule has 0 saturated heterocycles. The predicted molar refractivity (Wildman–Crippen MR) is 73.3 cm³/mol. The van der Waals surface area contributed by atoms with Crippen LogP contribution in [-0.4, -0.2) is 26.8 Å². The monoisotopic (exact) mass is 252 g/mol. The first-order chi connectivity index (χ1) is 8.61. The van der Waals surface area contributed by atoms with Crippen LogP contribution in [0.25, 0.3) is 0 Å². The highest BCUT2D eigenvalue weighted by Crippen LogP contribution is 2.27. The summed E-state index contributed by atoms with van der Waals surface area (Å²) in [4.78, 5) is 2.01. The van der Waals surface area contributed by atoms with Crippen LogP contribution in [0.4, 0.5) is 10.1 Å². The third-order valence-electron chi connectivity index (χ3n) is 2.74. The maximum atomic E-state index is 13.9. The van der Waals surface area contributed by atoms with Crippen molar-refractivity contribution in [2.45, 2.75) is 13.0 Å². The fourth-order valence-electron chi connectivity index (χ4n) is 1.92. The van der Waals surface area contributed by atoms with Gasteiger partial charge < -0.3 is 15.4 Å². The molecule has 3 nitrogen and oxygen atoms in total. The average molecular weight is 252 g/mol. The van der Waals surface area contributed by atoms with Gasteiger partial charge in [-0.3, -0.25) is 0 Å². The molecule has 4 heteroatoms. The first kappa shape index (κ1) is 14.7. The Balaban J connectivity index is 3.09. The summed E-state index contributed by atoms with van der Waals surface area (Å²) in [6.07, 6.45) is 1.78. The van der Waals surface area contributed by atoms with Gasteiger partial charge in [0.15, 0.2) is 0 Å². The minimum atomic E-state index is -0.351. The number of hydrogen-bond acceptors (Lipinski definition) is 3. The van der Waals surface area contributed by atoms with Crippen LogP contribution in [0.5, 0.6) is 0 Å². The second kappa shape index (κ2) is 7.13. The second-order valence-electron chi connectivity index (χ2n) is 4.19. The number of halogens is 1. The van der Waals surface area contributed by atoms with E-state index < -0.39 is 0 Å². The number of methoxy groups -OCH3 is 1. The van der Waals surface area contributed by atoms with Crippen molar-refractivity contribution < 1.29 is 9.13 Å². The van der Waals surface area contributed by atoms with E-state index >= 15 is 0 Å². The Labute approximate surface area is 108 Å². The molecular weight excluding hydrogens is 231 g/mol. The number of hydrogen-bond donors (Lipinski definition) is 1. The standard InChI is InChI=1S/C14H21FN2O/c1-4-8-17(9-10-18-3)13-7-5-6-12(15)14(13)11(2)16/h4-7,11H,1,8-10,16H2,2-3H3/t11-/m0/s1. The molecule has 0 radical (unpaired) electrons. The van der Waals surface area contributed by atoms with Crippen molar-refractivity contribution in [3.05, 3.63) is 42.2 Å². The molecule has 0 aliphatic carbocycles. The summed E-state index contributed by atoms with van der Waals surface area (Å²) >= 11 is 0. The number of anilines is 1. The largest absolute Gasteiger partial charge is 0.383 e. The van der Waals surface area contributed by atoms with Gasteiger partial charge in [0, 0.05) is 37.5 Å². The molecular formula is C14H21FN2O. The van der Waals surface area contributed by atoms with Crippen LogP contribution in [-0.2, 0) is 4.74 Å². The minimum absolute atomic E-state index is 0.269. The molecule has 0 spiro atoms. The number of nitrogens with two attached hydrogens (primary N) is 1. The Kier molecular flexibility index (Phi) is 5.82.